The highest BCUT2D eigenvalue weighted by Crippen LogP contribution is 2.16. The molecule has 0 bridgehead atoms. The predicted octanol–water partition coefficient (Wildman–Crippen LogP) is 2.55. The number of benzene rings is 2. The number of rotatable bonds is 5. The van der Waals surface area contributed by atoms with Crippen LogP contribution >= 0.6 is 0 Å². The van der Waals surface area contributed by atoms with E-state index in [0.717, 1.165) is 0 Å². The molecule has 7 heteroatoms. The van der Waals surface area contributed by atoms with E-state index in [1.807, 2.05) is 0 Å². The van der Waals surface area contributed by atoms with Gasteiger partial charge in [-0.25, -0.2) is 17.6 Å². The average molecular weight is 323 g/mol. The summed E-state index contributed by atoms with van der Waals surface area (Å²) in [5.41, 5.74) is 0.493. The van der Waals surface area contributed by atoms with Crippen LogP contribution in [0.2, 0.25) is 0 Å². The lowest BCUT2D eigenvalue weighted by Gasteiger charge is -2.09. The number of hydrogen-bond acceptors (Lipinski definition) is 4. The van der Waals surface area contributed by atoms with Crippen molar-refractivity contribution in [1.82, 2.24) is 0 Å². The Labute approximate surface area is 127 Å². The van der Waals surface area contributed by atoms with E-state index in [1.165, 1.54) is 49.6 Å². The maximum Gasteiger partial charge on any atom is 0.337 e. The molecule has 0 radical (unpaired) electrons. The Kier molecular flexibility index (Phi) is 4.77. The van der Waals surface area contributed by atoms with Crippen molar-refractivity contribution in [2.75, 3.05) is 11.8 Å². The van der Waals surface area contributed by atoms with Gasteiger partial charge in [0.05, 0.1) is 18.4 Å². The molecule has 22 heavy (non-hydrogen) atoms. The molecule has 0 aliphatic carbocycles. The molecule has 0 atom stereocenters. The largest absolute Gasteiger partial charge is 0.465 e. The van der Waals surface area contributed by atoms with Crippen LogP contribution < -0.4 is 4.72 Å². The summed E-state index contributed by atoms with van der Waals surface area (Å²) < 4.78 is 44.6. The van der Waals surface area contributed by atoms with Gasteiger partial charge in [0.15, 0.2) is 0 Å². The van der Waals surface area contributed by atoms with Crippen LogP contribution in [0.3, 0.4) is 0 Å². The number of nitrogens with one attached hydrogen (secondary N) is 1. The maximum atomic E-state index is 13.5. The van der Waals surface area contributed by atoms with Crippen LogP contribution in [0.1, 0.15) is 15.9 Å². The van der Waals surface area contributed by atoms with Gasteiger partial charge < -0.3 is 4.74 Å². The molecule has 5 nitrogen and oxygen atoms in total. The second-order valence-electron chi connectivity index (χ2n) is 4.52. The highest BCUT2D eigenvalue weighted by molar-refractivity contribution is 7.91. The monoisotopic (exact) mass is 323 g/mol. The van der Waals surface area contributed by atoms with Gasteiger partial charge in [-0.05, 0) is 24.3 Å². The van der Waals surface area contributed by atoms with E-state index in [4.69, 9.17) is 0 Å². The van der Waals surface area contributed by atoms with Crippen LogP contribution in [0.25, 0.3) is 0 Å². The summed E-state index contributed by atoms with van der Waals surface area (Å²) in [6.45, 7) is 0. The van der Waals surface area contributed by atoms with Gasteiger partial charge in [-0.3, -0.25) is 4.72 Å². The van der Waals surface area contributed by atoms with E-state index in [0.29, 0.717) is 0 Å². The van der Waals surface area contributed by atoms with Crippen molar-refractivity contribution < 1.29 is 22.3 Å². The fraction of sp³-hybridized carbons (Fsp3) is 0.133. The van der Waals surface area contributed by atoms with E-state index in [-0.39, 0.29) is 16.8 Å². The minimum atomic E-state index is -3.80. The van der Waals surface area contributed by atoms with Crippen molar-refractivity contribution >= 4 is 21.7 Å². The fourth-order valence-corrected chi connectivity index (χ4v) is 3.07. The quantitative estimate of drug-likeness (QED) is 0.858. The number of anilines is 1. The SMILES string of the molecule is COC(=O)c1cccc(NS(=O)(=O)Cc2ccccc2F)c1. The van der Waals surface area contributed by atoms with Crippen LogP contribution in [0, 0.1) is 5.82 Å². The molecule has 0 saturated heterocycles. The molecule has 116 valence electrons. The summed E-state index contributed by atoms with van der Waals surface area (Å²) in [7, 11) is -2.57. The number of halogens is 1. The standard InChI is InChI=1S/C15H14FNO4S/c1-21-15(18)11-6-4-7-13(9-11)17-22(19,20)10-12-5-2-3-8-14(12)16/h2-9,17H,10H2,1H3. The summed E-state index contributed by atoms with van der Waals surface area (Å²) >= 11 is 0. The Morgan fingerprint density at radius 1 is 1.18 bits per heavy atom. The molecule has 2 aromatic carbocycles. The van der Waals surface area contributed by atoms with Gasteiger partial charge in [0, 0.05) is 11.3 Å². The maximum absolute atomic E-state index is 13.5. The number of methoxy groups -OCH3 is 1. The summed E-state index contributed by atoms with van der Waals surface area (Å²) in [6, 6.07) is 11.5. The first kappa shape index (κ1) is 16.0. The van der Waals surface area contributed by atoms with E-state index < -0.39 is 27.6 Å². The van der Waals surface area contributed by atoms with Crippen LogP contribution in [0.5, 0.6) is 0 Å². The number of carbonyl (C=O) groups excluding carboxylic acids is 1. The van der Waals surface area contributed by atoms with Crippen molar-refractivity contribution in [1.29, 1.82) is 0 Å². The van der Waals surface area contributed by atoms with Gasteiger partial charge in [0.1, 0.15) is 5.82 Å². The molecule has 0 saturated carbocycles. The fourth-order valence-electron chi connectivity index (χ4n) is 1.86. The van der Waals surface area contributed by atoms with Crippen LogP contribution in [-0.4, -0.2) is 21.5 Å². The zero-order valence-electron chi connectivity index (χ0n) is 11.7. The third-order valence-corrected chi connectivity index (χ3v) is 4.10. The number of sulfonamides is 1. The second-order valence-corrected chi connectivity index (χ2v) is 6.25. The Morgan fingerprint density at radius 2 is 1.91 bits per heavy atom. The minimum absolute atomic E-state index is 0.0686. The molecule has 0 aliphatic heterocycles. The lowest BCUT2D eigenvalue weighted by atomic mass is 10.2. The zero-order valence-corrected chi connectivity index (χ0v) is 12.6. The molecule has 0 fully saturated rings. The number of esters is 1. The van der Waals surface area contributed by atoms with Crippen LogP contribution in [0.4, 0.5) is 10.1 Å². The summed E-state index contributed by atoms with van der Waals surface area (Å²) in [5.74, 6) is -1.66. The minimum Gasteiger partial charge on any atom is -0.465 e. The Balaban J connectivity index is 2.19. The topological polar surface area (TPSA) is 72.5 Å². The van der Waals surface area contributed by atoms with E-state index in [9.17, 15) is 17.6 Å². The van der Waals surface area contributed by atoms with Gasteiger partial charge in [-0.15, -0.1) is 0 Å². The van der Waals surface area contributed by atoms with Gasteiger partial charge in [0.2, 0.25) is 10.0 Å². The number of hydrogen-bond donors (Lipinski definition) is 1. The molecular formula is C15H14FNO4S. The predicted molar refractivity (Wildman–Crippen MR) is 80.4 cm³/mol. The van der Waals surface area contributed by atoms with E-state index in [1.54, 1.807) is 6.07 Å². The van der Waals surface area contributed by atoms with Gasteiger partial charge in [-0.1, -0.05) is 24.3 Å². The first-order valence-electron chi connectivity index (χ1n) is 6.33. The second kappa shape index (κ2) is 6.57. The molecule has 1 N–H and O–H groups in total. The van der Waals surface area contributed by atoms with Gasteiger partial charge >= 0.3 is 5.97 Å². The van der Waals surface area contributed by atoms with Crippen molar-refractivity contribution in [3.05, 3.63) is 65.5 Å². The zero-order chi connectivity index (χ0) is 16.2. The lowest BCUT2D eigenvalue weighted by molar-refractivity contribution is 0.0601. The molecule has 2 aromatic rings. The Morgan fingerprint density at radius 3 is 2.59 bits per heavy atom. The van der Waals surface area contributed by atoms with Crippen molar-refractivity contribution in [2.45, 2.75) is 5.75 Å². The Hall–Kier alpha value is -2.41. The lowest BCUT2D eigenvalue weighted by Crippen LogP contribution is -2.16. The summed E-state index contributed by atoms with van der Waals surface area (Å²) in [5, 5.41) is 0. The highest BCUT2D eigenvalue weighted by Gasteiger charge is 2.15. The van der Waals surface area contributed by atoms with E-state index in [2.05, 4.69) is 9.46 Å². The third-order valence-electron chi connectivity index (χ3n) is 2.86. The third kappa shape index (κ3) is 4.05. The molecule has 0 aromatic heterocycles. The Bertz CT molecular complexity index is 790. The molecule has 0 heterocycles. The smallest absolute Gasteiger partial charge is 0.337 e. The average Bonchev–Trinajstić information content (AvgIpc) is 2.48. The normalized spacial score (nSPS) is 11.0. The molecule has 0 spiro atoms. The molecule has 2 rings (SSSR count). The number of carbonyl (C=O) groups is 1. The van der Waals surface area contributed by atoms with Crippen LogP contribution in [0.15, 0.2) is 48.5 Å². The van der Waals surface area contributed by atoms with Crippen molar-refractivity contribution in [3.8, 4) is 0 Å². The molecule has 0 amide bonds. The van der Waals surface area contributed by atoms with Crippen LogP contribution in [-0.2, 0) is 20.5 Å². The molecule has 0 aliphatic rings. The van der Waals surface area contributed by atoms with Gasteiger partial charge in [0.25, 0.3) is 0 Å². The first-order valence-corrected chi connectivity index (χ1v) is 7.99. The molecule has 0 unspecified atom stereocenters. The first-order chi connectivity index (χ1) is 10.4. The highest BCUT2D eigenvalue weighted by atomic mass is 32.2. The summed E-state index contributed by atoms with van der Waals surface area (Å²) in [4.78, 5) is 11.4. The van der Waals surface area contributed by atoms with Gasteiger partial charge in [-0.2, -0.15) is 0 Å². The van der Waals surface area contributed by atoms with E-state index >= 15 is 0 Å². The molecular weight excluding hydrogens is 309 g/mol. The number of ether oxygens (including phenoxy) is 1. The van der Waals surface area contributed by atoms with Crippen molar-refractivity contribution in [2.24, 2.45) is 0 Å². The van der Waals surface area contributed by atoms with Crippen molar-refractivity contribution in [3.63, 3.8) is 0 Å². The summed E-state index contributed by atoms with van der Waals surface area (Å²) in [6.07, 6.45) is 0.